The van der Waals surface area contributed by atoms with E-state index in [2.05, 4.69) is 5.32 Å². The molecule has 0 aliphatic rings. The van der Waals surface area contributed by atoms with E-state index in [0.717, 1.165) is 0 Å². The highest BCUT2D eigenvalue weighted by Crippen LogP contribution is 2.19. The van der Waals surface area contributed by atoms with Gasteiger partial charge in [0.05, 0.1) is 0 Å². The quantitative estimate of drug-likeness (QED) is 0.707. The van der Waals surface area contributed by atoms with E-state index in [1.807, 2.05) is 0 Å². The van der Waals surface area contributed by atoms with Gasteiger partial charge in [-0.2, -0.15) is 0 Å². The maximum absolute atomic E-state index is 11.7. The van der Waals surface area contributed by atoms with Crippen LogP contribution in [-0.2, 0) is 9.59 Å². The summed E-state index contributed by atoms with van der Waals surface area (Å²) in [7, 11) is 0. The van der Waals surface area contributed by atoms with Gasteiger partial charge in [-0.25, -0.2) is 4.79 Å². The fraction of sp³-hybridized carbons (Fsp3) is 0.455. The maximum atomic E-state index is 11.7. The number of hydrogen-bond acceptors (Lipinski definition) is 4. The van der Waals surface area contributed by atoms with Crippen LogP contribution in [0.25, 0.3) is 0 Å². The van der Waals surface area contributed by atoms with Gasteiger partial charge < -0.3 is 16.2 Å². The number of aliphatic carboxylic acids is 1. The van der Waals surface area contributed by atoms with Crippen LogP contribution in [0, 0.1) is 5.92 Å². The van der Waals surface area contributed by atoms with Crippen molar-refractivity contribution in [1.82, 2.24) is 5.32 Å². The highest BCUT2D eigenvalue weighted by Gasteiger charge is 2.24. The molecule has 0 aromatic carbocycles. The zero-order valence-electron chi connectivity index (χ0n) is 9.55. The average Bonchev–Trinajstić information content (AvgIpc) is 2.78. The van der Waals surface area contributed by atoms with Crippen molar-refractivity contribution < 1.29 is 14.7 Å². The van der Waals surface area contributed by atoms with E-state index in [1.165, 1.54) is 11.3 Å². The Bertz CT molecular complexity index is 378. The topological polar surface area (TPSA) is 92.4 Å². The first-order chi connectivity index (χ1) is 8.06. The van der Waals surface area contributed by atoms with Crippen LogP contribution in [0.4, 0.5) is 0 Å². The molecule has 0 fully saturated rings. The van der Waals surface area contributed by atoms with Gasteiger partial charge in [0.15, 0.2) is 6.04 Å². The predicted octanol–water partition coefficient (Wildman–Crippen LogP) is 0.975. The lowest BCUT2D eigenvalue weighted by atomic mass is 10.1. The standard InChI is InChI=1S/C11H16N2O3S/c1-7(4-5-12)10(14)13-9(11(15)16)8-3-2-6-17-8/h2-3,6-7,9H,4-5,12H2,1H3,(H,13,14)(H,15,16). The van der Waals surface area contributed by atoms with Gasteiger partial charge in [-0.1, -0.05) is 13.0 Å². The Morgan fingerprint density at radius 3 is 2.76 bits per heavy atom. The molecule has 0 aliphatic carbocycles. The minimum absolute atomic E-state index is 0.276. The third kappa shape index (κ3) is 3.83. The van der Waals surface area contributed by atoms with Crippen molar-refractivity contribution in [3.63, 3.8) is 0 Å². The van der Waals surface area contributed by atoms with Gasteiger partial charge in [0.25, 0.3) is 0 Å². The minimum atomic E-state index is -1.05. The number of thiophene rings is 1. The first kappa shape index (κ1) is 13.7. The van der Waals surface area contributed by atoms with Gasteiger partial charge in [-0.15, -0.1) is 11.3 Å². The Kier molecular flexibility index (Phi) is 5.11. The molecular weight excluding hydrogens is 240 g/mol. The second kappa shape index (κ2) is 6.36. The van der Waals surface area contributed by atoms with E-state index < -0.39 is 12.0 Å². The fourth-order valence-corrected chi connectivity index (χ4v) is 2.14. The fourth-order valence-electron chi connectivity index (χ4n) is 1.38. The molecule has 1 aromatic heterocycles. The van der Waals surface area contributed by atoms with Crippen LogP contribution in [-0.4, -0.2) is 23.5 Å². The van der Waals surface area contributed by atoms with Crippen molar-refractivity contribution in [2.75, 3.05) is 6.54 Å². The summed E-state index contributed by atoms with van der Waals surface area (Å²) < 4.78 is 0. The molecule has 0 spiro atoms. The van der Waals surface area contributed by atoms with Crippen LogP contribution in [0.2, 0.25) is 0 Å². The first-order valence-corrected chi connectivity index (χ1v) is 6.21. The molecule has 1 amide bonds. The molecule has 1 heterocycles. The van der Waals surface area contributed by atoms with Gasteiger partial charge in [0.2, 0.25) is 5.91 Å². The molecule has 2 atom stereocenters. The van der Waals surface area contributed by atoms with E-state index in [-0.39, 0.29) is 11.8 Å². The first-order valence-electron chi connectivity index (χ1n) is 5.33. The lowest BCUT2D eigenvalue weighted by Gasteiger charge is -2.16. The van der Waals surface area contributed by atoms with Crippen LogP contribution in [0.5, 0.6) is 0 Å². The number of carboxylic acid groups (broad SMARTS) is 1. The minimum Gasteiger partial charge on any atom is -0.479 e. The predicted molar refractivity (Wildman–Crippen MR) is 65.7 cm³/mol. The summed E-state index contributed by atoms with van der Waals surface area (Å²) in [5.74, 6) is -1.61. The largest absolute Gasteiger partial charge is 0.479 e. The SMILES string of the molecule is CC(CCN)C(=O)NC(C(=O)O)c1cccs1. The Balaban J connectivity index is 2.69. The molecule has 94 valence electrons. The Morgan fingerprint density at radius 2 is 2.29 bits per heavy atom. The Morgan fingerprint density at radius 1 is 1.59 bits per heavy atom. The molecule has 5 nitrogen and oxygen atoms in total. The van der Waals surface area contributed by atoms with E-state index in [9.17, 15) is 9.59 Å². The maximum Gasteiger partial charge on any atom is 0.331 e. The van der Waals surface area contributed by atoms with Crippen LogP contribution < -0.4 is 11.1 Å². The summed E-state index contributed by atoms with van der Waals surface area (Å²) in [6, 6.07) is 2.48. The van der Waals surface area contributed by atoms with Crippen molar-refractivity contribution >= 4 is 23.2 Å². The van der Waals surface area contributed by atoms with Crippen LogP contribution in [0.1, 0.15) is 24.3 Å². The number of amides is 1. The highest BCUT2D eigenvalue weighted by atomic mass is 32.1. The van der Waals surface area contributed by atoms with Crippen molar-refractivity contribution in [3.8, 4) is 0 Å². The summed E-state index contributed by atoms with van der Waals surface area (Å²) in [6.07, 6.45) is 0.544. The molecule has 0 saturated carbocycles. The van der Waals surface area contributed by atoms with Crippen LogP contribution in [0.3, 0.4) is 0 Å². The molecule has 4 N–H and O–H groups in total. The summed E-state index contributed by atoms with van der Waals surface area (Å²) >= 11 is 1.31. The van der Waals surface area contributed by atoms with E-state index in [1.54, 1.807) is 24.4 Å². The third-order valence-electron chi connectivity index (χ3n) is 2.41. The molecule has 6 heteroatoms. The van der Waals surface area contributed by atoms with Crippen molar-refractivity contribution in [2.45, 2.75) is 19.4 Å². The van der Waals surface area contributed by atoms with E-state index >= 15 is 0 Å². The second-order valence-corrected chi connectivity index (χ2v) is 4.75. The van der Waals surface area contributed by atoms with E-state index in [4.69, 9.17) is 10.8 Å². The molecule has 0 radical (unpaired) electrons. The smallest absolute Gasteiger partial charge is 0.331 e. The number of rotatable bonds is 6. The second-order valence-electron chi connectivity index (χ2n) is 3.77. The summed E-state index contributed by atoms with van der Waals surface area (Å²) in [5.41, 5.74) is 5.36. The Labute approximate surface area is 104 Å². The number of hydrogen-bond donors (Lipinski definition) is 3. The molecule has 0 aliphatic heterocycles. The number of carboxylic acids is 1. The van der Waals surface area contributed by atoms with Gasteiger partial charge in [0.1, 0.15) is 0 Å². The van der Waals surface area contributed by atoms with Gasteiger partial charge >= 0.3 is 5.97 Å². The van der Waals surface area contributed by atoms with Crippen LogP contribution in [0.15, 0.2) is 17.5 Å². The summed E-state index contributed by atoms with van der Waals surface area (Å²) in [6.45, 7) is 2.14. The van der Waals surface area contributed by atoms with Gasteiger partial charge in [0, 0.05) is 10.8 Å². The molecule has 17 heavy (non-hydrogen) atoms. The number of carbonyl (C=O) groups is 2. The van der Waals surface area contributed by atoms with E-state index in [0.29, 0.717) is 17.8 Å². The number of carbonyl (C=O) groups excluding carboxylic acids is 1. The zero-order chi connectivity index (χ0) is 12.8. The number of nitrogens with two attached hydrogens (primary N) is 1. The third-order valence-corrected chi connectivity index (χ3v) is 3.35. The van der Waals surface area contributed by atoms with Gasteiger partial charge in [-0.3, -0.25) is 4.79 Å². The zero-order valence-corrected chi connectivity index (χ0v) is 10.4. The molecule has 0 bridgehead atoms. The van der Waals surface area contributed by atoms with Crippen molar-refractivity contribution in [1.29, 1.82) is 0 Å². The van der Waals surface area contributed by atoms with Crippen molar-refractivity contribution in [2.24, 2.45) is 11.7 Å². The van der Waals surface area contributed by atoms with Gasteiger partial charge in [-0.05, 0) is 24.4 Å². The normalized spacial score (nSPS) is 14.0. The summed E-state index contributed by atoms with van der Waals surface area (Å²) in [5, 5.41) is 13.4. The van der Waals surface area contributed by atoms with Crippen LogP contribution >= 0.6 is 11.3 Å². The van der Waals surface area contributed by atoms with Crippen molar-refractivity contribution in [3.05, 3.63) is 22.4 Å². The molecule has 1 aromatic rings. The Hall–Kier alpha value is -1.40. The lowest BCUT2D eigenvalue weighted by molar-refractivity contribution is -0.142. The highest BCUT2D eigenvalue weighted by molar-refractivity contribution is 7.10. The molecule has 2 unspecified atom stereocenters. The summed E-state index contributed by atoms with van der Waals surface area (Å²) in [4.78, 5) is 23.4. The molecule has 1 rings (SSSR count). The molecule has 0 saturated heterocycles. The monoisotopic (exact) mass is 256 g/mol. The number of nitrogens with one attached hydrogen (secondary N) is 1. The average molecular weight is 256 g/mol. The molecular formula is C11H16N2O3S. The lowest BCUT2D eigenvalue weighted by Crippen LogP contribution is -2.37.